The molecule has 0 unspecified atom stereocenters. The summed E-state index contributed by atoms with van der Waals surface area (Å²) in [5.41, 5.74) is 1.17. The summed E-state index contributed by atoms with van der Waals surface area (Å²) in [5, 5.41) is 3.21. The maximum absolute atomic E-state index is 5.34. The van der Waals surface area contributed by atoms with Crippen molar-refractivity contribution in [2.24, 2.45) is 0 Å². The van der Waals surface area contributed by atoms with E-state index in [1.165, 1.54) is 5.69 Å². The van der Waals surface area contributed by atoms with Crippen LogP contribution in [0.5, 0.6) is 5.75 Å². The molecular formula is C8H9NO. The Labute approximate surface area is 59.8 Å². The molecular weight excluding hydrogens is 126 g/mol. The molecule has 2 heteroatoms. The first-order chi connectivity index (χ1) is 4.95. The lowest BCUT2D eigenvalue weighted by atomic mass is 10.3. The highest BCUT2D eigenvalue weighted by Gasteiger charge is 1.98. The monoisotopic (exact) mass is 135 g/mol. The predicted molar refractivity (Wildman–Crippen MR) is 40.4 cm³/mol. The van der Waals surface area contributed by atoms with E-state index in [1.54, 1.807) is 0 Å². The van der Waals surface area contributed by atoms with E-state index in [4.69, 9.17) is 4.74 Å². The van der Waals surface area contributed by atoms with E-state index in [1.807, 2.05) is 24.3 Å². The molecule has 52 valence electrons. The molecule has 2 aliphatic heterocycles. The SMILES string of the molecule is c1cc2ccc1NCCO2. The van der Waals surface area contributed by atoms with E-state index in [0.717, 1.165) is 18.9 Å². The van der Waals surface area contributed by atoms with Crippen LogP contribution in [0.3, 0.4) is 0 Å². The third-order valence-electron chi connectivity index (χ3n) is 1.55. The molecule has 2 bridgehead atoms. The third kappa shape index (κ3) is 0.923. The zero-order chi connectivity index (χ0) is 6.81. The van der Waals surface area contributed by atoms with Crippen molar-refractivity contribution in [1.29, 1.82) is 0 Å². The molecule has 1 aromatic carbocycles. The Morgan fingerprint density at radius 2 is 2.00 bits per heavy atom. The minimum absolute atomic E-state index is 0.757. The van der Waals surface area contributed by atoms with E-state index in [-0.39, 0.29) is 0 Å². The molecule has 0 saturated heterocycles. The Morgan fingerprint density at radius 3 is 2.80 bits per heavy atom. The average Bonchev–Trinajstić information content (AvgIpc) is 1.89. The zero-order valence-corrected chi connectivity index (χ0v) is 5.63. The van der Waals surface area contributed by atoms with Crippen molar-refractivity contribution >= 4 is 5.69 Å². The van der Waals surface area contributed by atoms with Gasteiger partial charge < -0.3 is 10.1 Å². The van der Waals surface area contributed by atoms with Crippen molar-refractivity contribution in [3.8, 4) is 5.75 Å². The lowest BCUT2D eigenvalue weighted by Crippen LogP contribution is -2.13. The maximum atomic E-state index is 5.34. The van der Waals surface area contributed by atoms with Gasteiger partial charge in [0.2, 0.25) is 0 Å². The van der Waals surface area contributed by atoms with Crippen molar-refractivity contribution in [2.45, 2.75) is 0 Å². The number of rotatable bonds is 0. The van der Waals surface area contributed by atoms with E-state index in [9.17, 15) is 0 Å². The van der Waals surface area contributed by atoms with Crippen LogP contribution in [0, 0.1) is 0 Å². The van der Waals surface area contributed by atoms with Gasteiger partial charge in [-0.25, -0.2) is 0 Å². The molecule has 2 heterocycles. The van der Waals surface area contributed by atoms with E-state index < -0.39 is 0 Å². The summed E-state index contributed by atoms with van der Waals surface area (Å²) < 4.78 is 5.34. The highest BCUT2D eigenvalue weighted by atomic mass is 16.5. The van der Waals surface area contributed by atoms with Gasteiger partial charge in [0.25, 0.3) is 0 Å². The van der Waals surface area contributed by atoms with Gasteiger partial charge in [-0.05, 0) is 24.3 Å². The van der Waals surface area contributed by atoms with Gasteiger partial charge in [-0.15, -0.1) is 0 Å². The van der Waals surface area contributed by atoms with Crippen molar-refractivity contribution in [3.05, 3.63) is 24.3 Å². The first-order valence-electron chi connectivity index (χ1n) is 3.42. The molecule has 10 heavy (non-hydrogen) atoms. The summed E-state index contributed by atoms with van der Waals surface area (Å²) in [6.07, 6.45) is 0. The van der Waals surface area contributed by atoms with Crippen molar-refractivity contribution in [2.75, 3.05) is 18.5 Å². The van der Waals surface area contributed by atoms with Gasteiger partial charge in [-0.3, -0.25) is 0 Å². The summed E-state index contributed by atoms with van der Waals surface area (Å²) in [6.45, 7) is 1.65. The average molecular weight is 135 g/mol. The third-order valence-corrected chi connectivity index (χ3v) is 1.55. The Hall–Kier alpha value is -1.18. The Kier molecular flexibility index (Phi) is 1.24. The minimum atomic E-state index is 0.757. The summed E-state index contributed by atoms with van der Waals surface area (Å²) in [7, 11) is 0. The van der Waals surface area contributed by atoms with Crippen molar-refractivity contribution in [3.63, 3.8) is 0 Å². The standard InChI is InChI=1S/C8H9NO/c1-3-8-4-2-7(1)9-5-6-10-8/h1-4,9H,5-6H2. The van der Waals surface area contributed by atoms with Crippen LogP contribution in [0.4, 0.5) is 5.69 Å². The highest BCUT2D eigenvalue weighted by Crippen LogP contribution is 2.17. The Balaban J connectivity index is 2.40. The van der Waals surface area contributed by atoms with E-state index in [2.05, 4.69) is 5.32 Å². The van der Waals surface area contributed by atoms with Gasteiger partial charge >= 0.3 is 0 Å². The van der Waals surface area contributed by atoms with Gasteiger partial charge in [0.1, 0.15) is 12.4 Å². The molecule has 2 aliphatic rings. The van der Waals surface area contributed by atoms with Gasteiger partial charge in [-0.1, -0.05) is 0 Å². The fraction of sp³-hybridized carbons (Fsp3) is 0.250. The Morgan fingerprint density at radius 1 is 1.20 bits per heavy atom. The molecule has 0 aliphatic carbocycles. The summed E-state index contributed by atoms with van der Waals surface area (Å²) in [6, 6.07) is 7.99. The first kappa shape index (κ1) is 5.59. The molecule has 0 saturated carbocycles. The normalized spacial score (nSPS) is 14.8. The number of ether oxygens (including phenoxy) is 1. The topological polar surface area (TPSA) is 21.3 Å². The second-order valence-corrected chi connectivity index (χ2v) is 2.30. The second-order valence-electron chi connectivity index (χ2n) is 2.30. The zero-order valence-electron chi connectivity index (χ0n) is 5.63. The van der Waals surface area contributed by atoms with Gasteiger partial charge in [0.05, 0.1) is 0 Å². The van der Waals surface area contributed by atoms with Crippen LogP contribution in [0.25, 0.3) is 0 Å². The molecule has 0 atom stereocenters. The van der Waals surface area contributed by atoms with Crippen LogP contribution in [0.15, 0.2) is 24.3 Å². The molecule has 0 spiro atoms. The molecule has 1 aromatic rings. The summed E-state index contributed by atoms with van der Waals surface area (Å²) in [4.78, 5) is 0. The predicted octanol–water partition coefficient (Wildman–Crippen LogP) is 1.49. The van der Waals surface area contributed by atoms with Crippen LogP contribution in [0.1, 0.15) is 0 Å². The van der Waals surface area contributed by atoms with Crippen LogP contribution < -0.4 is 10.1 Å². The van der Waals surface area contributed by atoms with Crippen LogP contribution in [0.2, 0.25) is 0 Å². The fourth-order valence-electron chi connectivity index (χ4n) is 1.03. The molecule has 0 fully saturated rings. The molecule has 2 nitrogen and oxygen atoms in total. The molecule has 0 amide bonds. The van der Waals surface area contributed by atoms with Gasteiger partial charge in [-0.2, -0.15) is 0 Å². The van der Waals surface area contributed by atoms with Crippen molar-refractivity contribution < 1.29 is 4.74 Å². The number of anilines is 1. The first-order valence-corrected chi connectivity index (χ1v) is 3.42. The Bertz CT molecular complexity index is 192. The smallest absolute Gasteiger partial charge is 0.119 e. The van der Waals surface area contributed by atoms with Gasteiger partial charge in [0, 0.05) is 12.2 Å². The molecule has 0 aromatic heterocycles. The quantitative estimate of drug-likeness (QED) is 0.582. The number of hydrogen-bond acceptors (Lipinski definition) is 2. The van der Waals surface area contributed by atoms with Crippen LogP contribution in [-0.2, 0) is 0 Å². The molecule has 3 rings (SSSR count). The number of benzene rings is 1. The maximum Gasteiger partial charge on any atom is 0.119 e. The van der Waals surface area contributed by atoms with Crippen LogP contribution >= 0.6 is 0 Å². The minimum Gasteiger partial charge on any atom is -0.492 e. The lowest BCUT2D eigenvalue weighted by molar-refractivity contribution is 0.331. The van der Waals surface area contributed by atoms with Crippen LogP contribution in [-0.4, -0.2) is 13.2 Å². The summed E-state index contributed by atoms with van der Waals surface area (Å²) >= 11 is 0. The van der Waals surface area contributed by atoms with E-state index >= 15 is 0 Å². The largest absolute Gasteiger partial charge is 0.492 e. The lowest BCUT2D eigenvalue weighted by Gasteiger charge is -2.13. The number of hydrogen-bond donors (Lipinski definition) is 1. The second kappa shape index (κ2) is 2.21. The molecule has 0 radical (unpaired) electrons. The van der Waals surface area contributed by atoms with Gasteiger partial charge in [0.15, 0.2) is 0 Å². The highest BCUT2D eigenvalue weighted by molar-refractivity contribution is 5.47. The van der Waals surface area contributed by atoms with E-state index in [0.29, 0.717) is 0 Å². The number of fused-ring (bicyclic) bond motifs is 5. The summed E-state index contributed by atoms with van der Waals surface area (Å²) in [5.74, 6) is 0.963. The number of nitrogens with one attached hydrogen (secondary N) is 1. The molecule has 1 N–H and O–H groups in total. The van der Waals surface area contributed by atoms with Crippen molar-refractivity contribution in [1.82, 2.24) is 0 Å². The fourth-order valence-corrected chi connectivity index (χ4v) is 1.03.